The fourth-order valence-electron chi connectivity index (χ4n) is 1.66. The molecule has 0 saturated heterocycles. The van der Waals surface area contributed by atoms with Crippen molar-refractivity contribution in [2.24, 2.45) is 16.5 Å². The number of aliphatic imine (C=N–C) groups is 1. The van der Waals surface area contributed by atoms with Crippen LogP contribution in [0.3, 0.4) is 0 Å². The van der Waals surface area contributed by atoms with Gasteiger partial charge in [0.15, 0.2) is 5.96 Å². The number of rotatable bonds is 8. The number of hydrogen-bond acceptors (Lipinski definition) is 3. The predicted octanol–water partition coefficient (Wildman–Crippen LogP) is 0.404. The summed E-state index contributed by atoms with van der Waals surface area (Å²) < 4.78 is 0.719. The van der Waals surface area contributed by atoms with Gasteiger partial charge >= 0.3 is 5.97 Å². The summed E-state index contributed by atoms with van der Waals surface area (Å²) in [5.41, 5.74) is 10.7. The van der Waals surface area contributed by atoms with Crippen LogP contribution in [-0.4, -0.2) is 40.5 Å². The molecule has 8 nitrogen and oxygen atoms in total. The van der Waals surface area contributed by atoms with Crippen molar-refractivity contribution < 1.29 is 14.7 Å². The molecule has 0 aliphatic rings. The van der Waals surface area contributed by atoms with E-state index in [1.807, 2.05) is 0 Å². The summed E-state index contributed by atoms with van der Waals surface area (Å²) in [6, 6.07) is 0.631. The summed E-state index contributed by atoms with van der Waals surface area (Å²) in [4.78, 5) is 29.6. The van der Waals surface area contributed by atoms with Crippen LogP contribution in [0.25, 0.3) is 0 Å². The lowest BCUT2D eigenvalue weighted by molar-refractivity contribution is -0.139. The molecule has 7 N–H and O–H groups in total. The Hall–Kier alpha value is -2.03. The van der Waals surface area contributed by atoms with Crippen molar-refractivity contribution in [3.8, 4) is 0 Å². The molecule has 0 aliphatic carbocycles. The summed E-state index contributed by atoms with van der Waals surface area (Å²) in [5.74, 6) is -1.52. The number of amides is 1. The number of H-pyrrole nitrogens is 1. The minimum atomic E-state index is -1.07. The van der Waals surface area contributed by atoms with Gasteiger partial charge < -0.3 is 26.9 Å². The number of aliphatic carboxylic acids is 1. The van der Waals surface area contributed by atoms with Crippen LogP contribution in [0.2, 0.25) is 0 Å². The van der Waals surface area contributed by atoms with E-state index in [-0.39, 0.29) is 5.96 Å². The molecule has 0 bridgehead atoms. The third kappa shape index (κ3) is 6.30. The Kier molecular flexibility index (Phi) is 6.73. The topological polar surface area (TPSA) is 147 Å². The Morgan fingerprint density at radius 3 is 2.67 bits per heavy atom. The van der Waals surface area contributed by atoms with Crippen molar-refractivity contribution in [2.75, 3.05) is 6.54 Å². The van der Waals surface area contributed by atoms with Crippen LogP contribution < -0.4 is 16.8 Å². The number of hydrogen-bond donors (Lipinski definition) is 5. The van der Waals surface area contributed by atoms with Gasteiger partial charge in [-0.25, -0.2) is 4.79 Å². The van der Waals surface area contributed by atoms with Crippen LogP contribution in [0.1, 0.15) is 29.8 Å². The maximum absolute atomic E-state index is 11.9. The molecule has 0 aromatic carbocycles. The van der Waals surface area contributed by atoms with Crippen molar-refractivity contribution >= 4 is 33.8 Å². The molecule has 0 aliphatic heterocycles. The Morgan fingerprint density at radius 2 is 2.14 bits per heavy atom. The first kappa shape index (κ1) is 17.0. The summed E-state index contributed by atoms with van der Waals surface area (Å²) in [7, 11) is 0. The number of carbonyl (C=O) groups excluding carboxylic acids is 1. The first-order valence-electron chi connectivity index (χ1n) is 6.33. The second-order valence-electron chi connectivity index (χ2n) is 4.40. The fraction of sp³-hybridized carbons (Fsp3) is 0.417. The highest BCUT2D eigenvalue weighted by atomic mass is 79.9. The number of halogens is 1. The second-order valence-corrected chi connectivity index (χ2v) is 5.31. The normalized spacial score (nSPS) is 11.7. The molecule has 0 spiro atoms. The number of aromatic nitrogens is 1. The van der Waals surface area contributed by atoms with Crippen molar-refractivity contribution in [1.82, 2.24) is 10.3 Å². The molecule has 1 aromatic rings. The van der Waals surface area contributed by atoms with Gasteiger partial charge in [0.05, 0.1) is 0 Å². The number of carboxylic acids is 1. The summed E-state index contributed by atoms with van der Waals surface area (Å²) in [6.45, 7) is 0.437. The van der Waals surface area contributed by atoms with Gasteiger partial charge in [0.1, 0.15) is 11.7 Å². The third-order valence-electron chi connectivity index (χ3n) is 2.69. The zero-order valence-electron chi connectivity index (χ0n) is 11.3. The fourth-order valence-corrected chi connectivity index (χ4v) is 2.00. The number of aromatic amines is 1. The molecular weight excluding hydrogens is 342 g/mol. The van der Waals surface area contributed by atoms with Crippen molar-refractivity contribution in [2.45, 2.75) is 25.3 Å². The van der Waals surface area contributed by atoms with Gasteiger partial charge in [0.2, 0.25) is 0 Å². The van der Waals surface area contributed by atoms with Gasteiger partial charge in [-0.1, -0.05) is 0 Å². The first-order valence-corrected chi connectivity index (χ1v) is 7.12. The molecule has 1 aromatic heterocycles. The molecule has 21 heavy (non-hydrogen) atoms. The molecule has 1 amide bonds. The number of nitrogens with one attached hydrogen (secondary N) is 2. The quantitative estimate of drug-likeness (QED) is 0.259. The van der Waals surface area contributed by atoms with Crippen molar-refractivity contribution in [3.63, 3.8) is 0 Å². The molecule has 0 saturated carbocycles. The zero-order valence-corrected chi connectivity index (χ0v) is 12.9. The average molecular weight is 360 g/mol. The number of nitrogens with two attached hydrogens (primary N) is 2. The van der Waals surface area contributed by atoms with E-state index >= 15 is 0 Å². The lowest BCUT2D eigenvalue weighted by Gasteiger charge is -2.13. The number of carbonyl (C=O) groups is 2. The van der Waals surface area contributed by atoms with E-state index in [9.17, 15) is 9.59 Å². The summed E-state index contributed by atoms with van der Waals surface area (Å²) >= 11 is 3.21. The Morgan fingerprint density at radius 1 is 1.43 bits per heavy atom. The van der Waals surface area contributed by atoms with E-state index in [0.29, 0.717) is 31.5 Å². The number of guanidine groups is 1. The van der Waals surface area contributed by atoms with Crippen LogP contribution >= 0.6 is 15.9 Å². The number of nitrogens with zero attached hydrogens (tertiary/aromatic N) is 1. The lowest BCUT2D eigenvalue weighted by Crippen LogP contribution is -2.40. The SMILES string of the molecule is NC(N)=NCCCC[C@@H](NC(=O)c1cc(Br)c[nH]1)C(=O)O. The number of unbranched alkanes of at least 4 members (excludes halogenated alkanes) is 1. The van der Waals surface area contributed by atoms with Crippen LogP contribution in [0.4, 0.5) is 0 Å². The summed E-state index contributed by atoms with van der Waals surface area (Å²) in [5, 5.41) is 11.6. The number of carboxylic acid groups (broad SMARTS) is 1. The van der Waals surface area contributed by atoms with Crippen molar-refractivity contribution in [3.05, 3.63) is 22.4 Å². The molecule has 9 heteroatoms. The van der Waals surface area contributed by atoms with Gasteiger partial charge in [-0.2, -0.15) is 0 Å². The Balaban J connectivity index is 2.45. The molecule has 0 unspecified atom stereocenters. The zero-order chi connectivity index (χ0) is 15.8. The van der Waals surface area contributed by atoms with Crippen molar-refractivity contribution in [1.29, 1.82) is 0 Å². The van der Waals surface area contributed by atoms with Crippen LogP contribution in [0.15, 0.2) is 21.7 Å². The lowest BCUT2D eigenvalue weighted by atomic mass is 10.1. The maximum atomic E-state index is 11.9. The average Bonchev–Trinajstić information content (AvgIpc) is 2.83. The highest BCUT2D eigenvalue weighted by molar-refractivity contribution is 9.10. The Bertz CT molecular complexity index is 525. The summed E-state index contributed by atoms with van der Waals surface area (Å²) in [6.07, 6.45) is 3.14. The standard InChI is InChI=1S/C12H18BrN5O3/c13-7-5-9(17-6-7)10(19)18-8(11(20)21)3-1-2-4-16-12(14)15/h5-6,8,17H,1-4H2,(H,18,19)(H,20,21)(H4,14,15,16)/t8-/m1/s1. The minimum absolute atomic E-state index is 0.00964. The molecule has 0 fully saturated rings. The molecule has 1 rings (SSSR count). The smallest absolute Gasteiger partial charge is 0.326 e. The third-order valence-corrected chi connectivity index (χ3v) is 3.15. The monoisotopic (exact) mass is 359 g/mol. The van der Waals surface area contributed by atoms with E-state index < -0.39 is 17.9 Å². The van der Waals surface area contributed by atoms with Gasteiger partial charge in [0, 0.05) is 17.2 Å². The second kappa shape index (κ2) is 8.30. The van der Waals surface area contributed by atoms with Crippen LogP contribution in [0.5, 0.6) is 0 Å². The van der Waals surface area contributed by atoms with Gasteiger partial charge in [-0.3, -0.25) is 9.79 Å². The molecule has 1 atom stereocenters. The van der Waals surface area contributed by atoms with Gasteiger partial charge in [-0.15, -0.1) is 0 Å². The van der Waals surface area contributed by atoms with E-state index in [1.165, 1.54) is 0 Å². The highest BCUT2D eigenvalue weighted by Crippen LogP contribution is 2.11. The van der Waals surface area contributed by atoms with Crippen LogP contribution in [-0.2, 0) is 4.79 Å². The highest BCUT2D eigenvalue weighted by Gasteiger charge is 2.20. The molecular formula is C12H18BrN5O3. The van der Waals surface area contributed by atoms with Gasteiger partial charge in [-0.05, 0) is 41.3 Å². The first-order chi connectivity index (χ1) is 9.90. The van der Waals surface area contributed by atoms with E-state index in [1.54, 1.807) is 12.3 Å². The van der Waals surface area contributed by atoms with E-state index in [2.05, 4.69) is 31.2 Å². The molecule has 116 valence electrons. The molecule has 0 radical (unpaired) electrons. The van der Waals surface area contributed by atoms with E-state index in [4.69, 9.17) is 16.6 Å². The van der Waals surface area contributed by atoms with Crippen LogP contribution in [0, 0.1) is 0 Å². The Labute approximate surface area is 130 Å². The predicted molar refractivity (Wildman–Crippen MR) is 81.9 cm³/mol. The molecule has 1 heterocycles. The van der Waals surface area contributed by atoms with Gasteiger partial charge in [0.25, 0.3) is 5.91 Å². The maximum Gasteiger partial charge on any atom is 0.326 e. The van der Waals surface area contributed by atoms with E-state index in [0.717, 1.165) is 4.47 Å². The minimum Gasteiger partial charge on any atom is -0.480 e. The largest absolute Gasteiger partial charge is 0.480 e.